The summed E-state index contributed by atoms with van der Waals surface area (Å²) in [6.07, 6.45) is 3.16. The molecule has 2 atom stereocenters. The van der Waals surface area contributed by atoms with E-state index in [4.69, 9.17) is 15.2 Å². The number of nitrogens with two attached hydrogens (primary N) is 1. The minimum atomic E-state index is -0.526. The van der Waals surface area contributed by atoms with Crippen LogP contribution in [0.5, 0.6) is 0 Å². The quantitative estimate of drug-likeness (QED) is 0.835. The maximum Gasteiger partial charge on any atom is 0.253 e. The standard InChI is InChI=1S/C13H19N3O3/c1-9(19-8-11-3-2-6-18-11)13(17)16-10-4-5-12(14)15-7-10/h4-5,7,9,11H,2-3,6,8H2,1H3,(H2,14,15)(H,16,17). The number of aromatic nitrogens is 1. The monoisotopic (exact) mass is 265 g/mol. The lowest BCUT2D eigenvalue weighted by atomic mass is 10.2. The fourth-order valence-electron chi connectivity index (χ4n) is 1.83. The predicted molar refractivity (Wildman–Crippen MR) is 71.7 cm³/mol. The van der Waals surface area contributed by atoms with Crippen molar-refractivity contribution >= 4 is 17.4 Å². The summed E-state index contributed by atoms with van der Waals surface area (Å²) in [6, 6.07) is 3.33. The zero-order valence-electron chi connectivity index (χ0n) is 11.0. The molecule has 0 radical (unpaired) electrons. The molecule has 6 heteroatoms. The van der Waals surface area contributed by atoms with Gasteiger partial charge in [0.25, 0.3) is 5.91 Å². The number of ether oxygens (including phenoxy) is 2. The molecule has 1 amide bonds. The molecule has 0 spiro atoms. The van der Waals surface area contributed by atoms with Crippen molar-refractivity contribution in [3.8, 4) is 0 Å². The Labute approximate surface area is 112 Å². The number of anilines is 2. The van der Waals surface area contributed by atoms with E-state index < -0.39 is 6.10 Å². The predicted octanol–water partition coefficient (Wildman–Crippen LogP) is 1.19. The van der Waals surface area contributed by atoms with Gasteiger partial charge in [-0.15, -0.1) is 0 Å². The van der Waals surface area contributed by atoms with Gasteiger partial charge in [-0.25, -0.2) is 4.98 Å². The Balaban J connectivity index is 1.76. The molecular formula is C13H19N3O3. The van der Waals surface area contributed by atoms with Crippen LogP contribution in [0.1, 0.15) is 19.8 Å². The second-order valence-corrected chi connectivity index (χ2v) is 4.57. The topological polar surface area (TPSA) is 86.5 Å². The third kappa shape index (κ3) is 4.18. The molecule has 0 aliphatic carbocycles. The number of hydrogen-bond donors (Lipinski definition) is 2. The molecule has 0 saturated carbocycles. The maximum atomic E-state index is 11.9. The molecule has 1 aliphatic rings. The van der Waals surface area contributed by atoms with Crippen LogP contribution in [0, 0.1) is 0 Å². The molecule has 1 aliphatic heterocycles. The smallest absolute Gasteiger partial charge is 0.253 e. The fourth-order valence-corrected chi connectivity index (χ4v) is 1.83. The van der Waals surface area contributed by atoms with Crippen LogP contribution in [0.3, 0.4) is 0 Å². The number of hydrogen-bond acceptors (Lipinski definition) is 5. The van der Waals surface area contributed by atoms with Crippen LogP contribution in [0.2, 0.25) is 0 Å². The number of pyridine rings is 1. The molecule has 1 aromatic heterocycles. The Bertz CT molecular complexity index is 416. The zero-order valence-corrected chi connectivity index (χ0v) is 11.0. The number of carbonyl (C=O) groups is 1. The number of nitrogen functional groups attached to an aromatic ring is 1. The van der Waals surface area contributed by atoms with Gasteiger partial charge in [-0.2, -0.15) is 0 Å². The molecule has 0 bridgehead atoms. The van der Waals surface area contributed by atoms with Gasteiger partial charge >= 0.3 is 0 Å². The van der Waals surface area contributed by atoms with Gasteiger partial charge < -0.3 is 20.5 Å². The van der Waals surface area contributed by atoms with Crippen molar-refractivity contribution in [3.05, 3.63) is 18.3 Å². The van der Waals surface area contributed by atoms with Gasteiger partial charge in [-0.3, -0.25) is 4.79 Å². The number of amides is 1. The summed E-state index contributed by atoms with van der Waals surface area (Å²) in [5.74, 6) is 0.213. The molecule has 0 aromatic carbocycles. The minimum absolute atomic E-state index is 0.119. The van der Waals surface area contributed by atoms with E-state index in [-0.39, 0.29) is 12.0 Å². The molecule has 1 fully saturated rings. The number of nitrogens with one attached hydrogen (secondary N) is 1. The maximum absolute atomic E-state index is 11.9. The molecule has 19 heavy (non-hydrogen) atoms. The number of nitrogens with zero attached hydrogens (tertiary/aromatic N) is 1. The molecule has 1 saturated heterocycles. The summed E-state index contributed by atoms with van der Waals surface area (Å²) >= 11 is 0. The third-order valence-corrected chi connectivity index (χ3v) is 2.98. The van der Waals surface area contributed by atoms with Crippen molar-refractivity contribution in [3.63, 3.8) is 0 Å². The van der Waals surface area contributed by atoms with Gasteiger partial charge in [0.05, 0.1) is 24.6 Å². The molecule has 2 unspecified atom stereocenters. The Morgan fingerprint density at radius 1 is 1.68 bits per heavy atom. The summed E-state index contributed by atoms with van der Waals surface area (Å²) < 4.78 is 10.9. The zero-order chi connectivity index (χ0) is 13.7. The fraction of sp³-hybridized carbons (Fsp3) is 0.538. The normalized spacial score (nSPS) is 20.2. The first-order valence-corrected chi connectivity index (χ1v) is 6.41. The lowest BCUT2D eigenvalue weighted by molar-refractivity contribution is -0.128. The van der Waals surface area contributed by atoms with Gasteiger partial charge in [0.1, 0.15) is 11.9 Å². The van der Waals surface area contributed by atoms with E-state index in [9.17, 15) is 4.79 Å². The van der Waals surface area contributed by atoms with Crippen LogP contribution in [-0.4, -0.2) is 36.3 Å². The first-order valence-electron chi connectivity index (χ1n) is 6.41. The Kier molecular flexibility index (Phi) is 4.70. The molecule has 6 nitrogen and oxygen atoms in total. The van der Waals surface area contributed by atoms with Crippen LogP contribution in [0.25, 0.3) is 0 Å². The van der Waals surface area contributed by atoms with Gasteiger partial charge in [0.15, 0.2) is 0 Å². The summed E-state index contributed by atoms with van der Waals surface area (Å²) in [4.78, 5) is 15.8. The van der Waals surface area contributed by atoms with Crippen LogP contribution in [0.15, 0.2) is 18.3 Å². The van der Waals surface area contributed by atoms with Gasteiger partial charge in [0, 0.05) is 6.61 Å². The first kappa shape index (κ1) is 13.8. The van der Waals surface area contributed by atoms with Crippen LogP contribution >= 0.6 is 0 Å². The highest BCUT2D eigenvalue weighted by atomic mass is 16.5. The van der Waals surface area contributed by atoms with Crippen LogP contribution in [-0.2, 0) is 14.3 Å². The van der Waals surface area contributed by atoms with E-state index in [2.05, 4.69) is 10.3 Å². The SMILES string of the molecule is CC(OCC1CCCO1)C(=O)Nc1ccc(N)nc1. The van der Waals surface area contributed by atoms with Crippen molar-refractivity contribution in [2.24, 2.45) is 0 Å². The van der Waals surface area contributed by atoms with E-state index in [1.807, 2.05) is 0 Å². The average molecular weight is 265 g/mol. The van der Waals surface area contributed by atoms with Gasteiger partial charge in [-0.1, -0.05) is 0 Å². The van der Waals surface area contributed by atoms with Crippen molar-refractivity contribution < 1.29 is 14.3 Å². The van der Waals surface area contributed by atoms with E-state index in [1.165, 1.54) is 6.20 Å². The van der Waals surface area contributed by atoms with Gasteiger partial charge in [0.2, 0.25) is 0 Å². The summed E-state index contributed by atoms with van der Waals surface area (Å²) in [5, 5.41) is 2.72. The minimum Gasteiger partial charge on any atom is -0.384 e. The van der Waals surface area contributed by atoms with Gasteiger partial charge in [-0.05, 0) is 31.9 Å². The van der Waals surface area contributed by atoms with E-state index in [0.29, 0.717) is 18.1 Å². The lowest BCUT2D eigenvalue weighted by Gasteiger charge is -2.16. The molecular weight excluding hydrogens is 246 g/mol. The summed E-state index contributed by atoms with van der Waals surface area (Å²) in [5.41, 5.74) is 6.08. The Morgan fingerprint density at radius 2 is 2.53 bits per heavy atom. The lowest BCUT2D eigenvalue weighted by Crippen LogP contribution is -2.30. The highest BCUT2D eigenvalue weighted by Gasteiger charge is 2.19. The molecule has 104 valence electrons. The molecule has 2 rings (SSSR count). The van der Waals surface area contributed by atoms with E-state index >= 15 is 0 Å². The average Bonchev–Trinajstić information content (AvgIpc) is 2.91. The molecule has 1 aromatic rings. The van der Waals surface area contributed by atoms with Crippen LogP contribution in [0.4, 0.5) is 11.5 Å². The van der Waals surface area contributed by atoms with Crippen molar-refractivity contribution in [2.75, 3.05) is 24.3 Å². The van der Waals surface area contributed by atoms with E-state index in [1.54, 1.807) is 19.1 Å². The second-order valence-electron chi connectivity index (χ2n) is 4.57. The molecule has 3 N–H and O–H groups in total. The molecule has 2 heterocycles. The third-order valence-electron chi connectivity index (χ3n) is 2.98. The van der Waals surface area contributed by atoms with Crippen LogP contribution < -0.4 is 11.1 Å². The number of rotatable bonds is 5. The largest absolute Gasteiger partial charge is 0.384 e. The van der Waals surface area contributed by atoms with Crippen molar-refractivity contribution in [1.29, 1.82) is 0 Å². The summed E-state index contributed by atoms with van der Waals surface area (Å²) in [7, 11) is 0. The highest BCUT2D eigenvalue weighted by molar-refractivity contribution is 5.93. The van der Waals surface area contributed by atoms with E-state index in [0.717, 1.165) is 19.4 Å². The highest BCUT2D eigenvalue weighted by Crippen LogP contribution is 2.13. The first-order chi connectivity index (χ1) is 9.15. The Morgan fingerprint density at radius 3 is 3.16 bits per heavy atom. The summed E-state index contributed by atoms with van der Waals surface area (Å²) in [6.45, 7) is 2.95. The van der Waals surface area contributed by atoms with Crippen molar-refractivity contribution in [2.45, 2.75) is 32.0 Å². The Hall–Kier alpha value is -1.66. The van der Waals surface area contributed by atoms with Crippen molar-refractivity contribution in [1.82, 2.24) is 4.98 Å². The number of carbonyl (C=O) groups excluding carboxylic acids is 1. The second kappa shape index (κ2) is 6.49.